The van der Waals surface area contributed by atoms with Gasteiger partial charge in [0, 0.05) is 11.6 Å². The molecule has 1 atom stereocenters. The minimum Gasteiger partial charge on any atom is -0.496 e. The van der Waals surface area contributed by atoms with E-state index in [1.165, 1.54) is 13.2 Å². The number of halogens is 1. The smallest absolute Gasteiger partial charge is 0.255 e. The van der Waals surface area contributed by atoms with Crippen LogP contribution in [0.15, 0.2) is 18.2 Å². The van der Waals surface area contributed by atoms with Gasteiger partial charge >= 0.3 is 0 Å². The van der Waals surface area contributed by atoms with E-state index in [1.807, 2.05) is 6.92 Å². The molecule has 94 valence electrons. The molecule has 1 aromatic carbocycles. The van der Waals surface area contributed by atoms with Crippen molar-refractivity contribution in [2.45, 2.75) is 19.4 Å². The molecule has 0 aliphatic rings. The number of benzene rings is 1. The van der Waals surface area contributed by atoms with Crippen LogP contribution in [0.2, 0.25) is 5.02 Å². The molecule has 0 radical (unpaired) electrons. The van der Waals surface area contributed by atoms with Crippen LogP contribution in [0.25, 0.3) is 0 Å². The fraction of sp³-hybridized carbons (Fsp3) is 0.417. The molecule has 0 bridgehead atoms. The Kier molecular flexibility index (Phi) is 5.25. The molecule has 0 aliphatic carbocycles. The average Bonchev–Trinajstić information content (AvgIpc) is 2.35. The summed E-state index contributed by atoms with van der Waals surface area (Å²) >= 11 is 5.82. The number of nitrogens with one attached hydrogen (secondary N) is 1. The Morgan fingerprint density at radius 2 is 2.29 bits per heavy atom. The van der Waals surface area contributed by atoms with Crippen LogP contribution in [-0.2, 0) is 0 Å². The molecule has 5 heteroatoms. The molecule has 2 N–H and O–H groups in total. The highest BCUT2D eigenvalue weighted by atomic mass is 35.5. The zero-order chi connectivity index (χ0) is 12.8. The van der Waals surface area contributed by atoms with Crippen LogP contribution in [-0.4, -0.2) is 30.8 Å². The van der Waals surface area contributed by atoms with Crippen molar-refractivity contribution in [2.24, 2.45) is 0 Å². The van der Waals surface area contributed by atoms with Gasteiger partial charge in [-0.15, -0.1) is 0 Å². The van der Waals surface area contributed by atoms with E-state index in [9.17, 15) is 9.90 Å². The zero-order valence-electron chi connectivity index (χ0n) is 9.87. The first kappa shape index (κ1) is 13.8. The summed E-state index contributed by atoms with van der Waals surface area (Å²) in [5.74, 6) is 0.148. The quantitative estimate of drug-likeness (QED) is 0.846. The fourth-order valence-corrected chi connectivity index (χ4v) is 1.48. The Balaban J connectivity index is 2.77. The molecule has 4 nitrogen and oxygen atoms in total. The van der Waals surface area contributed by atoms with Crippen LogP contribution in [0.5, 0.6) is 5.75 Å². The number of aliphatic hydroxyl groups is 1. The topological polar surface area (TPSA) is 58.6 Å². The van der Waals surface area contributed by atoms with Crippen molar-refractivity contribution >= 4 is 17.5 Å². The fourth-order valence-electron chi connectivity index (χ4n) is 1.31. The third kappa shape index (κ3) is 3.91. The highest BCUT2D eigenvalue weighted by molar-refractivity contribution is 6.31. The van der Waals surface area contributed by atoms with Gasteiger partial charge in [-0.25, -0.2) is 0 Å². The summed E-state index contributed by atoms with van der Waals surface area (Å²) in [6.07, 6.45) is 0.0524. The molecule has 1 amide bonds. The molecular formula is C12H16ClNO3. The lowest BCUT2D eigenvalue weighted by Gasteiger charge is -2.12. The summed E-state index contributed by atoms with van der Waals surface area (Å²) in [6, 6.07) is 4.82. The van der Waals surface area contributed by atoms with Gasteiger partial charge < -0.3 is 15.2 Å². The first-order chi connectivity index (χ1) is 8.08. The second-order valence-electron chi connectivity index (χ2n) is 3.62. The number of methoxy groups -OCH3 is 1. The molecule has 0 heterocycles. The maximum Gasteiger partial charge on any atom is 0.255 e. The van der Waals surface area contributed by atoms with E-state index in [1.54, 1.807) is 12.1 Å². The van der Waals surface area contributed by atoms with Gasteiger partial charge in [-0.3, -0.25) is 4.79 Å². The highest BCUT2D eigenvalue weighted by Crippen LogP contribution is 2.22. The summed E-state index contributed by atoms with van der Waals surface area (Å²) in [5, 5.41) is 12.5. The van der Waals surface area contributed by atoms with Gasteiger partial charge in [-0.2, -0.15) is 0 Å². The number of hydrogen-bond donors (Lipinski definition) is 2. The van der Waals surface area contributed by atoms with E-state index >= 15 is 0 Å². The number of ether oxygens (including phenoxy) is 1. The second kappa shape index (κ2) is 6.47. The molecule has 0 aliphatic heterocycles. The summed E-state index contributed by atoms with van der Waals surface area (Å²) in [5.41, 5.74) is 0.364. The van der Waals surface area contributed by atoms with Crippen molar-refractivity contribution in [2.75, 3.05) is 13.7 Å². The van der Waals surface area contributed by atoms with E-state index in [0.29, 0.717) is 22.8 Å². The molecule has 17 heavy (non-hydrogen) atoms. The van der Waals surface area contributed by atoms with E-state index in [-0.39, 0.29) is 12.5 Å². The minimum absolute atomic E-state index is 0.213. The summed E-state index contributed by atoms with van der Waals surface area (Å²) in [4.78, 5) is 11.8. The Labute approximate surface area is 106 Å². The molecule has 0 spiro atoms. The van der Waals surface area contributed by atoms with Crippen molar-refractivity contribution in [1.82, 2.24) is 5.32 Å². The molecule has 0 fully saturated rings. The molecule has 0 saturated carbocycles. The Bertz CT molecular complexity index is 395. The molecular weight excluding hydrogens is 242 g/mol. The molecule has 0 aromatic heterocycles. The average molecular weight is 258 g/mol. The van der Waals surface area contributed by atoms with Gasteiger partial charge in [0.25, 0.3) is 5.91 Å². The molecule has 1 rings (SSSR count). The van der Waals surface area contributed by atoms with Crippen LogP contribution < -0.4 is 10.1 Å². The number of rotatable bonds is 5. The van der Waals surface area contributed by atoms with Gasteiger partial charge in [-0.1, -0.05) is 18.5 Å². The van der Waals surface area contributed by atoms with Gasteiger partial charge in [-0.05, 0) is 24.6 Å². The van der Waals surface area contributed by atoms with Crippen LogP contribution in [0.4, 0.5) is 0 Å². The summed E-state index contributed by atoms with van der Waals surface area (Å²) < 4.78 is 5.07. The first-order valence-electron chi connectivity index (χ1n) is 5.38. The van der Waals surface area contributed by atoms with Crippen LogP contribution in [0, 0.1) is 0 Å². The van der Waals surface area contributed by atoms with E-state index in [4.69, 9.17) is 16.3 Å². The number of aliphatic hydroxyl groups excluding tert-OH is 1. The SMILES string of the molecule is CCC(O)CNC(=O)c1cc(Cl)ccc1OC. The normalized spacial score (nSPS) is 12.0. The van der Waals surface area contributed by atoms with Crippen LogP contribution in [0.1, 0.15) is 23.7 Å². The number of carbonyl (C=O) groups is 1. The molecule has 1 unspecified atom stereocenters. The monoisotopic (exact) mass is 257 g/mol. The van der Waals surface area contributed by atoms with E-state index in [0.717, 1.165) is 0 Å². The first-order valence-corrected chi connectivity index (χ1v) is 5.76. The van der Waals surface area contributed by atoms with E-state index < -0.39 is 6.10 Å². The lowest BCUT2D eigenvalue weighted by Crippen LogP contribution is -2.31. The minimum atomic E-state index is -0.538. The second-order valence-corrected chi connectivity index (χ2v) is 4.05. The third-order valence-corrected chi connectivity index (χ3v) is 2.61. The maximum absolute atomic E-state index is 11.8. The van der Waals surface area contributed by atoms with Gasteiger partial charge in [0.15, 0.2) is 0 Å². The van der Waals surface area contributed by atoms with E-state index in [2.05, 4.69) is 5.32 Å². The van der Waals surface area contributed by atoms with Crippen molar-refractivity contribution < 1.29 is 14.6 Å². The van der Waals surface area contributed by atoms with Crippen molar-refractivity contribution in [1.29, 1.82) is 0 Å². The lowest BCUT2D eigenvalue weighted by atomic mass is 10.2. The lowest BCUT2D eigenvalue weighted by molar-refractivity contribution is 0.0911. The molecule has 0 saturated heterocycles. The number of hydrogen-bond acceptors (Lipinski definition) is 3. The Morgan fingerprint density at radius 3 is 2.88 bits per heavy atom. The summed E-state index contributed by atoms with van der Waals surface area (Å²) in [6.45, 7) is 2.06. The summed E-state index contributed by atoms with van der Waals surface area (Å²) in [7, 11) is 1.49. The van der Waals surface area contributed by atoms with Crippen molar-refractivity contribution in [3.63, 3.8) is 0 Å². The van der Waals surface area contributed by atoms with Gasteiger partial charge in [0.05, 0.1) is 18.8 Å². The van der Waals surface area contributed by atoms with Crippen LogP contribution in [0.3, 0.4) is 0 Å². The Hall–Kier alpha value is -1.26. The van der Waals surface area contributed by atoms with Crippen molar-refractivity contribution in [3.05, 3.63) is 28.8 Å². The highest BCUT2D eigenvalue weighted by Gasteiger charge is 2.13. The zero-order valence-corrected chi connectivity index (χ0v) is 10.6. The number of carbonyl (C=O) groups excluding carboxylic acids is 1. The van der Waals surface area contributed by atoms with Gasteiger partial charge in [0.1, 0.15) is 5.75 Å². The Morgan fingerprint density at radius 1 is 1.59 bits per heavy atom. The van der Waals surface area contributed by atoms with Gasteiger partial charge in [0.2, 0.25) is 0 Å². The largest absolute Gasteiger partial charge is 0.496 e. The number of amides is 1. The van der Waals surface area contributed by atoms with Crippen LogP contribution >= 0.6 is 11.6 Å². The standard InChI is InChI=1S/C12H16ClNO3/c1-3-9(15)7-14-12(16)10-6-8(13)4-5-11(10)17-2/h4-6,9,15H,3,7H2,1-2H3,(H,14,16). The molecule has 1 aromatic rings. The maximum atomic E-state index is 11.8. The predicted octanol–water partition coefficient (Wildman–Crippen LogP) is 1.85. The third-order valence-electron chi connectivity index (χ3n) is 2.38. The predicted molar refractivity (Wildman–Crippen MR) is 66.6 cm³/mol. The van der Waals surface area contributed by atoms with Crippen molar-refractivity contribution in [3.8, 4) is 5.75 Å².